The zero-order valence-electron chi connectivity index (χ0n) is 10.9. The van der Waals surface area contributed by atoms with Crippen LogP contribution >= 0.6 is 31.9 Å². The molecule has 1 heterocycles. The van der Waals surface area contributed by atoms with E-state index in [1.54, 1.807) is 6.07 Å². The predicted octanol–water partition coefficient (Wildman–Crippen LogP) is 3.77. The molecule has 3 nitrogen and oxygen atoms in total. The first-order valence-corrected chi connectivity index (χ1v) is 9.82. The molecule has 0 spiro atoms. The Morgan fingerprint density at radius 3 is 2.80 bits per heavy atom. The quantitative estimate of drug-likeness (QED) is 0.684. The second-order valence-electron chi connectivity index (χ2n) is 4.92. The van der Waals surface area contributed by atoms with Gasteiger partial charge in [-0.3, -0.25) is 0 Å². The average molecular weight is 429 g/mol. The highest BCUT2D eigenvalue weighted by Gasteiger charge is 2.31. The number of benzene rings is 1. The van der Waals surface area contributed by atoms with Gasteiger partial charge in [0.15, 0.2) is 0 Å². The maximum absolute atomic E-state index is 13.9. The number of hydrogen-bond acceptors (Lipinski definition) is 2. The van der Waals surface area contributed by atoms with Crippen LogP contribution < -0.4 is 0 Å². The molecule has 112 valence electrons. The number of halogens is 3. The van der Waals surface area contributed by atoms with Crippen molar-refractivity contribution in [1.82, 2.24) is 4.31 Å². The third-order valence-electron chi connectivity index (χ3n) is 3.51. The van der Waals surface area contributed by atoms with Gasteiger partial charge in [0.05, 0.1) is 0 Å². The molecule has 1 aliphatic heterocycles. The van der Waals surface area contributed by atoms with E-state index in [0.29, 0.717) is 23.5 Å². The van der Waals surface area contributed by atoms with Gasteiger partial charge in [-0.1, -0.05) is 31.9 Å². The molecule has 7 heteroatoms. The molecule has 0 aliphatic carbocycles. The van der Waals surface area contributed by atoms with E-state index in [9.17, 15) is 12.8 Å². The number of piperidine rings is 1. The lowest BCUT2D eigenvalue weighted by Gasteiger charge is -2.31. The predicted molar refractivity (Wildman–Crippen MR) is 84.0 cm³/mol. The van der Waals surface area contributed by atoms with Gasteiger partial charge in [0, 0.05) is 22.9 Å². The van der Waals surface area contributed by atoms with Crippen molar-refractivity contribution in [2.45, 2.75) is 24.2 Å². The van der Waals surface area contributed by atoms with Gasteiger partial charge < -0.3 is 0 Å². The Morgan fingerprint density at radius 2 is 2.15 bits per heavy atom. The van der Waals surface area contributed by atoms with Crippen LogP contribution in [-0.2, 0) is 10.0 Å². The van der Waals surface area contributed by atoms with E-state index >= 15 is 0 Å². The molecule has 2 rings (SSSR count). The summed E-state index contributed by atoms with van der Waals surface area (Å²) in [4.78, 5) is -0.236. The second kappa shape index (κ2) is 6.85. The van der Waals surface area contributed by atoms with Crippen molar-refractivity contribution in [3.05, 3.63) is 28.5 Å². The first-order chi connectivity index (χ1) is 9.45. The molecule has 0 N–H and O–H groups in total. The van der Waals surface area contributed by atoms with E-state index in [0.717, 1.165) is 24.6 Å². The van der Waals surface area contributed by atoms with Gasteiger partial charge in [0.25, 0.3) is 0 Å². The smallest absolute Gasteiger partial charge is 0.207 e. The Kier molecular flexibility index (Phi) is 5.62. The van der Waals surface area contributed by atoms with Crippen molar-refractivity contribution in [2.75, 3.05) is 18.4 Å². The van der Waals surface area contributed by atoms with Gasteiger partial charge in [-0.05, 0) is 43.4 Å². The van der Waals surface area contributed by atoms with Crippen LogP contribution in [0.15, 0.2) is 27.6 Å². The molecule has 1 saturated heterocycles. The lowest BCUT2D eigenvalue weighted by atomic mass is 9.97. The van der Waals surface area contributed by atoms with Crippen molar-refractivity contribution in [2.24, 2.45) is 5.92 Å². The number of rotatable bonds is 4. The van der Waals surface area contributed by atoms with Gasteiger partial charge in [-0.25, -0.2) is 12.8 Å². The molecule has 0 aromatic heterocycles. The highest BCUT2D eigenvalue weighted by atomic mass is 79.9. The standard InChI is InChI=1S/C13H16Br2FNO2S/c14-6-5-10-2-1-7-17(9-10)20(18,19)13-4-3-11(15)8-12(13)16/h3-4,8,10H,1-2,5-7,9H2. The van der Waals surface area contributed by atoms with Crippen molar-refractivity contribution in [3.8, 4) is 0 Å². The maximum atomic E-state index is 13.9. The first-order valence-electron chi connectivity index (χ1n) is 6.46. The fraction of sp³-hybridized carbons (Fsp3) is 0.538. The topological polar surface area (TPSA) is 37.4 Å². The van der Waals surface area contributed by atoms with E-state index in [4.69, 9.17) is 0 Å². The van der Waals surface area contributed by atoms with Gasteiger partial charge in [-0.2, -0.15) is 4.31 Å². The molecule has 1 aromatic carbocycles. The Hall–Kier alpha value is 0.0200. The Morgan fingerprint density at radius 1 is 1.40 bits per heavy atom. The van der Waals surface area contributed by atoms with Crippen LogP contribution in [0.4, 0.5) is 4.39 Å². The van der Waals surface area contributed by atoms with Crippen molar-refractivity contribution < 1.29 is 12.8 Å². The van der Waals surface area contributed by atoms with Crippen molar-refractivity contribution >= 4 is 41.9 Å². The van der Waals surface area contributed by atoms with E-state index in [-0.39, 0.29) is 4.90 Å². The van der Waals surface area contributed by atoms with E-state index in [2.05, 4.69) is 31.9 Å². The molecular weight excluding hydrogens is 413 g/mol. The largest absolute Gasteiger partial charge is 0.245 e. The zero-order chi connectivity index (χ0) is 14.8. The molecule has 20 heavy (non-hydrogen) atoms. The van der Waals surface area contributed by atoms with Crippen LogP contribution in [0.1, 0.15) is 19.3 Å². The monoisotopic (exact) mass is 427 g/mol. The van der Waals surface area contributed by atoms with Crippen LogP contribution in [0.5, 0.6) is 0 Å². The highest BCUT2D eigenvalue weighted by molar-refractivity contribution is 9.10. The minimum atomic E-state index is -3.74. The van der Waals surface area contributed by atoms with Crippen LogP contribution in [0.25, 0.3) is 0 Å². The summed E-state index contributed by atoms with van der Waals surface area (Å²) in [5, 5.41) is 0.859. The summed E-state index contributed by atoms with van der Waals surface area (Å²) in [6, 6.07) is 4.06. The van der Waals surface area contributed by atoms with E-state index in [1.165, 1.54) is 16.4 Å². The second-order valence-corrected chi connectivity index (χ2v) is 8.54. The average Bonchev–Trinajstić information content (AvgIpc) is 2.39. The zero-order valence-corrected chi connectivity index (χ0v) is 14.8. The van der Waals surface area contributed by atoms with Gasteiger partial charge in [-0.15, -0.1) is 0 Å². The van der Waals surface area contributed by atoms with Crippen LogP contribution in [0, 0.1) is 11.7 Å². The van der Waals surface area contributed by atoms with Crippen LogP contribution in [-0.4, -0.2) is 31.1 Å². The number of alkyl halides is 1. The summed E-state index contributed by atoms with van der Waals surface area (Å²) >= 11 is 6.52. The molecule has 0 bridgehead atoms. The number of sulfonamides is 1. The number of nitrogens with zero attached hydrogens (tertiary/aromatic N) is 1. The molecule has 1 aromatic rings. The van der Waals surface area contributed by atoms with E-state index < -0.39 is 15.8 Å². The number of hydrogen-bond donors (Lipinski definition) is 0. The molecule has 0 saturated carbocycles. The summed E-state index contributed by atoms with van der Waals surface area (Å²) in [6.07, 6.45) is 2.80. The highest BCUT2D eigenvalue weighted by Crippen LogP contribution is 2.28. The van der Waals surface area contributed by atoms with Crippen molar-refractivity contribution in [1.29, 1.82) is 0 Å². The normalized spacial score (nSPS) is 21.1. The minimum absolute atomic E-state index is 0.236. The summed E-state index contributed by atoms with van der Waals surface area (Å²) in [5.74, 6) is -0.363. The molecule has 1 fully saturated rings. The molecule has 1 atom stereocenters. The first kappa shape index (κ1) is 16.4. The molecule has 0 radical (unpaired) electrons. The summed E-state index contributed by atoms with van der Waals surface area (Å²) < 4.78 is 40.9. The Bertz CT molecular complexity index is 578. The third kappa shape index (κ3) is 3.61. The van der Waals surface area contributed by atoms with Crippen LogP contribution in [0.2, 0.25) is 0 Å². The van der Waals surface area contributed by atoms with Gasteiger partial charge >= 0.3 is 0 Å². The maximum Gasteiger partial charge on any atom is 0.245 e. The summed E-state index contributed by atoms with van der Waals surface area (Å²) in [7, 11) is -3.74. The lowest BCUT2D eigenvalue weighted by Crippen LogP contribution is -2.40. The lowest BCUT2D eigenvalue weighted by molar-refractivity contribution is 0.262. The van der Waals surface area contributed by atoms with Crippen molar-refractivity contribution in [3.63, 3.8) is 0 Å². The molecule has 0 amide bonds. The minimum Gasteiger partial charge on any atom is -0.207 e. The summed E-state index contributed by atoms with van der Waals surface area (Å²) in [6.45, 7) is 0.945. The molecule has 1 aliphatic rings. The SMILES string of the molecule is O=S(=O)(c1ccc(Br)cc1F)N1CCCC(CCBr)C1. The van der Waals surface area contributed by atoms with E-state index in [1.807, 2.05) is 0 Å². The van der Waals surface area contributed by atoms with Gasteiger partial charge in [0.2, 0.25) is 10.0 Å². The fourth-order valence-corrected chi connectivity index (χ4v) is 5.04. The Balaban J connectivity index is 2.25. The third-order valence-corrected chi connectivity index (χ3v) is 6.36. The Labute approximate surface area is 135 Å². The fourth-order valence-electron chi connectivity index (χ4n) is 2.46. The molecule has 1 unspecified atom stereocenters. The summed E-state index contributed by atoms with van der Waals surface area (Å²) in [5.41, 5.74) is 0. The van der Waals surface area contributed by atoms with Gasteiger partial charge in [0.1, 0.15) is 10.7 Å². The van der Waals surface area contributed by atoms with Crippen LogP contribution in [0.3, 0.4) is 0 Å². The molecular formula is C13H16Br2FNO2S.